The molecule has 2 heterocycles. The van der Waals surface area contributed by atoms with Crippen LogP contribution in [0.1, 0.15) is 32.6 Å². The summed E-state index contributed by atoms with van der Waals surface area (Å²) in [5, 5.41) is 9.59. The van der Waals surface area contributed by atoms with Gasteiger partial charge in [-0.1, -0.05) is 36.5 Å². The zero-order chi connectivity index (χ0) is 15.8. The molecule has 0 aromatic carbocycles. The van der Waals surface area contributed by atoms with Gasteiger partial charge in [-0.15, -0.1) is 11.3 Å². The van der Waals surface area contributed by atoms with Crippen molar-refractivity contribution in [2.45, 2.75) is 43.0 Å². The fourth-order valence-corrected chi connectivity index (χ4v) is 6.75. The standard InChI is InChI=1S/C12H15Cl2NO4S2/c1-2-4-12(11(16)17)5-3-6-15(12)21(18,19)8-7-9(13)20-10(8)14/h7H,2-6H2,1H3,(H,16,17). The molecule has 1 aromatic heterocycles. The molecule has 1 unspecified atom stereocenters. The summed E-state index contributed by atoms with van der Waals surface area (Å²) in [4.78, 5) is 11.6. The maximum absolute atomic E-state index is 12.8. The third-order valence-corrected chi connectivity index (χ3v) is 7.40. The molecule has 0 spiro atoms. The molecule has 9 heteroatoms. The SMILES string of the molecule is CCCC1(C(=O)O)CCCN1S(=O)(=O)c1cc(Cl)sc1Cl. The lowest BCUT2D eigenvalue weighted by molar-refractivity contribution is -0.147. The quantitative estimate of drug-likeness (QED) is 0.859. The van der Waals surface area contributed by atoms with E-state index in [1.54, 1.807) is 0 Å². The smallest absolute Gasteiger partial charge is 0.325 e. The molecule has 2 rings (SSSR count). The Morgan fingerprint density at radius 3 is 2.67 bits per heavy atom. The van der Waals surface area contributed by atoms with Crippen LogP contribution in [0.25, 0.3) is 0 Å². The van der Waals surface area contributed by atoms with E-state index >= 15 is 0 Å². The highest BCUT2D eigenvalue weighted by Crippen LogP contribution is 2.42. The van der Waals surface area contributed by atoms with Crippen LogP contribution in [0.5, 0.6) is 0 Å². The number of halogens is 2. The van der Waals surface area contributed by atoms with Crippen LogP contribution in [0.15, 0.2) is 11.0 Å². The zero-order valence-corrected chi connectivity index (χ0v) is 14.4. The summed E-state index contributed by atoms with van der Waals surface area (Å²) in [7, 11) is -3.98. The van der Waals surface area contributed by atoms with Gasteiger partial charge in [-0.25, -0.2) is 8.42 Å². The number of carbonyl (C=O) groups is 1. The Balaban J connectivity index is 2.52. The minimum Gasteiger partial charge on any atom is -0.480 e. The molecule has 0 amide bonds. The van der Waals surface area contributed by atoms with Crippen LogP contribution in [-0.2, 0) is 14.8 Å². The van der Waals surface area contributed by atoms with Gasteiger partial charge in [-0.05, 0) is 25.3 Å². The largest absolute Gasteiger partial charge is 0.480 e. The Kier molecular flexibility index (Phi) is 4.90. The van der Waals surface area contributed by atoms with Gasteiger partial charge in [0.05, 0.1) is 4.34 Å². The summed E-state index contributed by atoms with van der Waals surface area (Å²) in [6.07, 6.45) is 1.68. The van der Waals surface area contributed by atoms with Crippen molar-refractivity contribution >= 4 is 50.5 Å². The first-order valence-corrected chi connectivity index (χ1v) is 9.48. The number of rotatable bonds is 5. The molecule has 1 saturated heterocycles. The van der Waals surface area contributed by atoms with Gasteiger partial charge >= 0.3 is 5.97 Å². The van der Waals surface area contributed by atoms with E-state index in [4.69, 9.17) is 23.2 Å². The van der Waals surface area contributed by atoms with Crippen LogP contribution in [0.3, 0.4) is 0 Å². The van der Waals surface area contributed by atoms with Crippen LogP contribution in [0.4, 0.5) is 0 Å². The second-order valence-electron chi connectivity index (χ2n) is 4.96. The molecule has 0 aliphatic carbocycles. The lowest BCUT2D eigenvalue weighted by Crippen LogP contribution is -2.52. The van der Waals surface area contributed by atoms with Crippen molar-refractivity contribution in [3.05, 3.63) is 14.7 Å². The molecular weight excluding hydrogens is 357 g/mol. The van der Waals surface area contributed by atoms with Gasteiger partial charge in [0.1, 0.15) is 14.8 Å². The predicted molar refractivity (Wildman–Crippen MR) is 82.7 cm³/mol. The first-order chi connectivity index (χ1) is 9.75. The van der Waals surface area contributed by atoms with E-state index in [-0.39, 0.29) is 26.5 Å². The Bertz CT molecular complexity index is 658. The van der Waals surface area contributed by atoms with Crippen LogP contribution in [-0.4, -0.2) is 35.9 Å². The van der Waals surface area contributed by atoms with E-state index in [2.05, 4.69) is 0 Å². The minimum absolute atomic E-state index is 0.0580. The lowest BCUT2D eigenvalue weighted by atomic mass is 9.92. The maximum Gasteiger partial charge on any atom is 0.325 e. The number of hydrogen-bond acceptors (Lipinski definition) is 4. The van der Waals surface area contributed by atoms with Crippen molar-refractivity contribution in [1.29, 1.82) is 0 Å². The van der Waals surface area contributed by atoms with Crippen LogP contribution in [0, 0.1) is 0 Å². The monoisotopic (exact) mass is 371 g/mol. The van der Waals surface area contributed by atoms with E-state index in [1.807, 2.05) is 6.92 Å². The van der Waals surface area contributed by atoms with Crippen molar-refractivity contribution in [3.63, 3.8) is 0 Å². The number of sulfonamides is 1. The van der Waals surface area contributed by atoms with Gasteiger partial charge in [0.2, 0.25) is 10.0 Å². The molecule has 0 saturated carbocycles. The second kappa shape index (κ2) is 6.04. The minimum atomic E-state index is -3.98. The molecule has 0 radical (unpaired) electrons. The summed E-state index contributed by atoms with van der Waals surface area (Å²) in [6, 6.07) is 1.28. The molecule has 1 aliphatic rings. The number of hydrogen-bond donors (Lipinski definition) is 1. The molecule has 1 aromatic rings. The summed E-state index contributed by atoms with van der Waals surface area (Å²) in [5.41, 5.74) is -1.38. The molecule has 1 atom stereocenters. The normalized spacial score (nSPS) is 23.6. The van der Waals surface area contributed by atoms with Crippen LogP contribution in [0.2, 0.25) is 8.67 Å². The van der Waals surface area contributed by atoms with Crippen LogP contribution < -0.4 is 0 Å². The van der Waals surface area contributed by atoms with E-state index < -0.39 is 21.5 Å². The Morgan fingerprint density at radius 1 is 1.52 bits per heavy atom. The fourth-order valence-electron chi connectivity index (χ4n) is 2.81. The average Bonchev–Trinajstić information content (AvgIpc) is 2.95. The number of carboxylic acids is 1. The topological polar surface area (TPSA) is 74.7 Å². The van der Waals surface area contributed by atoms with Crippen LogP contribution >= 0.6 is 34.5 Å². The summed E-state index contributed by atoms with van der Waals surface area (Å²) >= 11 is 12.7. The lowest BCUT2D eigenvalue weighted by Gasteiger charge is -2.33. The number of thiophene rings is 1. The van der Waals surface area contributed by atoms with Crippen molar-refractivity contribution in [3.8, 4) is 0 Å². The number of carboxylic acid groups (broad SMARTS) is 1. The second-order valence-corrected chi connectivity index (χ2v) is 9.07. The van der Waals surface area contributed by atoms with Gasteiger partial charge in [-0.2, -0.15) is 4.31 Å². The fraction of sp³-hybridized carbons (Fsp3) is 0.583. The average molecular weight is 372 g/mol. The third-order valence-electron chi connectivity index (χ3n) is 3.68. The Labute approximate surface area is 137 Å². The molecule has 5 nitrogen and oxygen atoms in total. The van der Waals surface area contributed by atoms with E-state index in [0.717, 1.165) is 15.6 Å². The first-order valence-electron chi connectivity index (χ1n) is 6.47. The van der Waals surface area contributed by atoms with Crippen molar-refractivity contribution in [2.24, 2.45) is 0 Å². The van der Waals surface area contributed by atoms with Crippen molar-refractivity contribution in [2.75, 3.05) is 6.54 Å². The molecule has 0 bridgehead atoms. The first kappa shape index (κ1) is 17.0. The highest BCUT2D eigenvalue weighted by atomic mass is 35.5. The Hall–Kier alpha value is -0.340. The maximum atomic E-state index is 12.8. The van der Waals surface area contributed by atoms with Crippen molar-refractivity contribution in [1.82, 2.24) is 4.31 Å². The summed E-state index contributed by atoms with van der Waals surface area (Å²) in [6.45, 7) is 2.01. The predicted octanol–water partition coefficient (Wildman–Crippen LogP) is 3.46. The Morgan fingerprint density at radius 2 is 2.19 bits per heavy atom. The summed E-state index contributed by atoms with van der Waals surface area (Å²) < 4.78 is 27.0. The molecule has 118 valence electrons. The number of nitrogens with zero attached hydrogens (tertiary/aromatic N) is 1. The van der Waals surface area contributed by atoms with Gasteiger partial charge in [0.25, 0.3) is 0 Å². The van der Waals surface area contributed by atoms with Gasteiger partial charge in [-0.3, -0.25) is 4.79 Å². The third kappa shape index (κ3) is 2.82. The molecular formula is C12H15Cl2NO4S2. The molecule has 1 N–H and O–H groups in total. The van der Waals surface area contributed by atoms with Gasteiger partial charge in [0, 0.05) is 6.54 Å². The molecule has 1 aliphatic heterocycles. The highest BCUT2D eigenvalue weighted by Gasteiger charge is 2.53. The number of aliphatic carboxylic acids is 1. The molecule has 21 heavy (non-hydrogen) atoms. The highest BCUT2D eigenvalue weighted by molar-refractivity contribution is 7.89. The van der Waals surface area contributed by atoms with Crippen molar-refractivity contribution < 1.29 is 18.3 Å². The van der Waals surface area contributed by atoms with E-state index in [1.165, 1.54) is 6.07 Å². The van der Waals surface area contributed by atoms with Gasteiger partial charge < -0.3 is 5.11 Å². The summed E-state index contributed by atoms with van der Waals surface area (Å²) in [5.74, 6) is -1.11. The molecule has 1 fully saturated rings. The van der Waals surface area contributed by atoms with E-state index in [9.17, 15) is 18.3 Å². The zero-order valence-electron chi connectivity index (χ0n) is 11.3. The van der Waals surface area contributed by atoms with Gasteiger partial charge in [0.15, 0.2) is 0 Å². The van der Waals surface area contributed by atoms with E-state index in [0.29, 0.717) is 19.3 Å².